The van der Waals surface area contributed by atoms with Crippen molar-refractivity contribution in [2.24, 2.45) is 0 Å². The lowest BCUT2D eigenvalue weighted by atomic mass is 10.0. The molecule has 2 aromatic rings. The van der Waals surface area contributed by atoms with E-state index >= 15 is 0 Å². The Hall–Kier alpha value is -1.81. The number of fused-ring (bicyclic) bond motifs is 1. The van der Waals surface area contributed by atoms with Crippen molar-refractivity contribution in [1.82, 2.24) is 4.57 Å². The molecule has 0 fully saturated rings. The van der Waals surface area contributed by atoms with E-state index in [4.69, 9.17) is 5.11 Å². The van der Waals surface area contributed by atoms with Crippen LogP contribution in [0.5, 0.6) is 0 Å². The number of benzene rings is 1. The summed E-state index contributed by atoms with van der Waals surface area (Å²) >= 11 is 0. The zero-order chi connectivity index (χ0) is 15.6. The third-order valence-corrected chi connectivity index (χ3v) is 3.95. The maximum absolute atomic E-state index is 11.6. The van der Waals surface area contributed by atoms with E-state index in [1.165, 1.54) is 5.56 Å². The summed E-state index contributed by atoms with van der Waals surface area (Å²) in [6.07, 6.45) is 2.43. The van der Waals surface area contributed by atoms with Crippen LogP contribution >= 0.6 is 0 Å². The number of carboxylic acids is 1. The molecule has 1 aromatic heterocycles. The van der Waals surface area contributed by atoms with Crippen molar-refractivity contribution in [1.29, 1.82) is 0 Å². The highest BCUT2D eigenvalue weighted by Crippen LogP contribution is 2.31. The van der Waals surface area contributed by atoms with Crippen molar-refractivity contribution < 1.29 is 15.0 Å². The summed E-state index contributed by atoms with van der Waals surface area (Å²) in [6, 6.07) is 3.81. The lowest BCUT2D eigenvalue weighted by molar-refractivity contribution is 0.0698. The minimum Gasteiger partial charge on any atom is -0.478 e. The van der Waals surface area contributed by atoms with Gasteiger partial charge in [-0.05, 0) is 56.4 Å². The number of carbonyl (C=O) groups is 1. The van der Waals surface area contributed by atoms with Crippen LogP contribution < -0.4 is 0 Å². The van der Waals surface area contributed by atoms with Gasteiger partial charge in [-0.1, -0.05) is 6.92 Å². The van der Waals surface area contributed by atoms with E-state index in [0.717, 1.165) is 41.5 Å². The molecule has 0 spiro atoms. The Morgan fingerprint density at radius 3 is 2.57 bits per heavy atom. The minimum atomic E-state index is -0.882. The molecular formula is C17H23NO3. The number of hydrogen-bond donors (Lipinski definition) is 2. The summed E-state index contributed by atoms with van der Waals surface area (Å²) in [5.41, 5.74) is 4.43. The highest BCUT2D eigenvalue weighted by atomic mass is 16.4. The van der Waals surface area contributed by atoms with Crippen LogP contribution in [0.15, 0.2) is 12.1 Å². The van der Waals surface area contributed by atoms with E-state index < -0.39 is 5.97 Å². The van der Waals surface area contributed by atoms with Crippen LogP contribution in [0.3, 0.4) is 0 Å². The molecule has 0 radical (unpaired) electrons. The van der Waals surface area contributed by atoms with Gasteiger partial charge in [-0.15, -0.1) is 0 Å². The van der Waals surface area contributed by atoms with Crippen LogP contribution in [0.2, 0.25) is 0 Å². The molecule has 2 N–H and O–H groups in total. The van der Waals surface area contributed by atoms with Gasteiger partial charge in [-0.25, -0.2) is 4.79 Å². The van der Waals surface area contributed by atoms with E-state index in [1.54, 1.807) is 6.07 Å². The number of hydrogen-bond acceptors (Lipinski definition) is 2. The fourth-order valence-electron chi connectivity index (χ4n) is 3.06. The number of carboxylic acid groups (broad SMARTS) is 1. The van der Waals surface area contributed by atoms with E-state index in [-0.39, 0.29) is 6.61 Å². The summed E-state index contributed by atoms with van der Waals surface area (Å²) in [5.74, 6) is -0.882. The predicted octanol–water partition coefficient (Wildman–Crippen LogP) is 3.29. The van der Waals surface area contributed by atoms with Gasteiger partial charge < -0.3 is 14.8 Å². The summed E-state index contributed by atoms with van der Waals surface area (Å²) in [7, 11) is 0. The van der Waals surface area contributed by atoms with Crippen molar-refractivity contribution in [2.75, 3.05) is 6.61 Å². The fourth-order valence-corrected chi connectivity index (χ4v) is 3.06. The van der Waals surface area contributed by atoms with Gasteiger partial charge in [0.25, 0.3) is 0 Å². The largest absolute Gasteiger partial charge is 0.478 e. The number of nitrogens with zero attached hydrogens (tertiary/aromatic N) is 1. The van der Waals surface area contributed by atoms with Crippen molar-refractivity contribution in [3.8, 4) is 0 Å². The first kappa shape index (κ1) is 15.6. The van der Waals surface area contributed by atoms with Gasteiger partial charge in [0.2, 0.25) is 0 Å². The van der Waals surface area contributed by atoms with Gasteiger partial charge in [0.1, 0.15) is 0 Å². The van der Waals surface area contributed by atoms with Crippen molar-refractivity contribution in [2.45, 2.75) is 46.6 Å². The number of aromatic carboxylic acids is 1. The van der Waals surface area contributed by atoms with Crippen molar-refractivity contribution >= 4 is 16.9 Å². The molecular weight excluding hydrogens is 266 g/mol. The monoisotopic (exact) mass is 289 g/mol. The van der Waals surface area contributed by atoms with Gasteiger partial charge in [-0.3, -0.25) is 0 Å². The molecule has 1 heterocycles. The van der Waals surface area contributed by atoms with Crippen LogP contribution in [-0.2, 0) is 13.0 Å². The van der Waals surface area contributed by atoms with E-state index in [1.807, 2.05) is 13.8 Å². The second-order valence-corrected chi connectivity index (χ2v) is 5.56. The highest BCUT2D eigenvalue weighted by Gasteiger charge is 2.19. The topological polar surface area (TPSA) is 62.5 Å². The maximum Gasteiger partial charge on any atom is 0.337 e. The van der Waals surface area contributed by atoms with E-state index in [0.29, 0.717) is 12.0 Å². The smallest absolute Gasteiger partial charge is 0.337 e. The lowest BCUT2D eigenvalue weighted by Crippen LogP contribution is -2.05. The maximum atomic E-state index is 11.6. The van der Waals surface area contributed by atoms with E-state index in [2.05, 4.69) is 17.6 Å². The third kappa shape index (κ3) is 2.81. The SMILES string of the molecule is CCCn1c(C)c(CCCO)c2cc(C)cc(C(=O)O)c21. The first-order valence-corrected chi connectivity index (χ1v) is 7.47. The summed E-state index contributed by atoms with van der Waals surface area (Å²) in [5, 5.41) is 19.6. The number of aromatic nitrogens is 1. The molecule has 0 bridgehead atoms. The van der Waals surface area contributed by atoms with Crippen LogP contribution in [0.4, 0.5) is 0 Å². The first-order valence-electron chi connectivity index (χ1n) is 7.47. The van der Waals surface area contributed by atoms with Gasteiger partial charge in [0.15, 0.2) is 0 Å². The van der Waals surface area contributed by atoms with Crippen molar-refractivity contribution in [3.05, 3.63) is 34.5 Å². The Labute approximate surface area is 125 Å². The molecule has 1 aromatic carbocycles. The molecule has 0 unspecified atom stereocenters. The summed E-state index contributed by atoms with van der Waals surface area (Å²) in [4.78, 5) is 11.6. The standard InChI is InChI=1S/C17H23NO3/c1-4-7-18-12(3)13(6-5-8-19)14-9-11(2)10-15(16(14)18)17(20)21/h9-10,19H,4-8H2,1-3H3,(H,20,21). The van der Waals surface area contributed by atoms with Gasteiger partial charge in [0, 0.05) is 24.2 Å². The molecule has 0 aliphatic carbocycles. The van der Waals surface area contributed by atoms with Gasteiger partial charge in [0.05, 0.1) is 11.1 Å². The molecule has 0 saturated heterocycles. The van der Waals surface area contributed by atoms with Crippen LogP contribution in [0.1, 0.15) is 46.9 Å². The lowest BCUT2D eigenvalue weighted by Gasteiger charge is -2.09. The zero-order valence-electron chi connectivity index (χ0n) is 12.9. The molecule has 0 amide bonds. The van der Waals surface area contributed by atoms with Crippen LogP contribution in [0, 0.1) is 13.8 Å². The number of aliphatic hydroxyl groups excluding tert-OH is 1. The Morgan fingerprint density at radius 1 is 1.29 bits per heavy atom. The van der Waals surface area contributed by atoms with Crippen LogP contribution in [0.25, 0.3) is 10.9 Å². The molecule has 21 heavy (non-hydrogen) atoms. The fraction of sp³-hybridized carbons (Fsp3) is 0.471. The molecule has 0 aliphatic heterocycles. The zero-order valence-corrected chi connectivity index (χ0v) is 12.9. The molecule has 0 aliphatic rings. The molecule has 4 nitrogen and oxygen atoms in total. The summed E-state index contributed by atoms with van der Waals surface area (Å²) in [6.45, 7) is 7.02. The number of aliphatic hydroxyl groups is 1. The Morgan fingerprint density at radius 2 is 2.00 bits per heavy atom. The highest BCUT2D eigenvalue weighted by molar-refractivity contribution is 6.04. The Bertz CT molecular complexity index is 670. The first-order chi connectivity index (χ1) is 10.0. The number of rotatable bonds is 6. The molecule has 2 rings (SSSR count). The quantitative estimate of drug-likeness (QED) is 0.857. The number of aryl methyl sites for hydroxylation is 3. The minimum absolute atomic E-state index is 0.150. The van der Waals surface area contributed by atoms with E-state index in [9.17, 15) is 9.90 Å². The second kappa shape index (κ2) is 6.31. The van der Waals surface area contributed by atoms with Crippen molar-refractivity contribution in [3.63, 3.8) is 0 Å². The molecule has 0 saturated carbocycles. The normalized spacial score (nSPS) is 11.2. The average molecular weight is 289 g/mol. The Balaban J connectivity index is 2.79. The average Bonchev–Trinajstić information content (AvgIpc) is 2.69. The molecule has 0 atom stereocenters. The Kier molecular flexibility index (Phi) is 4.68. The molecule has 114 valence electrons. The van der Waals surface area contributed by atoms with Crippen LogP contribution in [-0.4, -0.2) is 27.4 Å². The third-order valence-electron chi connectivity index (χ3n) is 3.95. The van der Waals surface area contributed by atoms with Gasteiger partial charge in [-0.2, -0.15) is 0 Å². The molecule has 4 heteroatoms. The van der Waals surface area contributed by atoms with Gasteiger partial charge >= 0.3 is 5.97 Å². The summed E-state index contributed by atoms with van der Waals surface area (Å²) < 4.78 is 2.12. The predicted molar refractivity (Wildman–Crippen MR) is 84.1 cm³/mol. The second-order valence-electron chi connectivity index (χ2n) is 5.56.